The van der Waals surface area contributed by atoms with Crippen LogP contribution in [0.15, 0.2) is 24.3 Å². The van der Waals surface area contributed by atoms with E-state index in [-0.39, 0.29) is 0 Å². The lowest BCUT2D eigenvalue weighted by atomic mass is 10.1. The molecule has 104 valence electrons. The summed E-state index contributed by atoms with van der Waals surface area (Å²) in [6, 6.07) is 7.53. The zero-order chi connectivity index (χ0) is 13.8. The number of nitrogens with two attached hydrogens (primary N) is 2. The molecule has 19 heavy (non-hydrogen) atoms. The van der Waals surface area contributed by atoms with Crippen LogP contribution in [0.1, 0.15) is 18.4 Å². The molecule has 0 bridgehead atoms. The molecule has 1 aromatic rings. The Bertz CT molecular complexity index is 433. The van der Waals surface area contributed by atoms with Gasteiger partial charge in [0.15, 0.2) is 0 Å². The highest BCUT2D eigenvalue weighted by atomic mass is 16.4. The molecule has 5 nitrogen and oxygen atoms in total. The number of hydrogen-bond acceptors (Lipinski definition) is 4. The summed E-state index contributed by atoms with van der Waals surface area (Å²) < 4.78 is 0. The first-order valence-corrected chi connectivity index (χ1v) is 6.66. The van der Waals surface area contributed by atoms with E-state index in [1.54, 1.807) is 0 Å². The van der Waals surface area contributed by atoms with Gasteiger partial charge in [-0.2, -0.15) is 0 Å². The molecule has 0 unspecified atom stereocenters. The van der Waals surface area contributed by atoms with E-state index in [4.69, 9.17) is 16.6 Å². The smallest absolute Gasteiger partial charge is 0.320 e. The molecule has 5 N–H and O–H groups in total. The van der Waals surface area contributed by atoms with Crippen molar-refractivity contribution in [1.29, 1.82) is 0 Å². The lowest BCUT2D eigenvalue weighted by Gasteiger charge is -2.25. The van der Waals surface area contributed by atoms with Crippen molar-refractivity contribution < 1.29 is 9.90 Å². The highest BCUT2D eigenvalue weighted by molar-refractivity contribution is 5.73. The second kappa shape index (κ2) is 6.04. The molecule has 1 aromatic carbocycles. The third-order valence-electron chi connectivity index (χ3n) is 3.69. The van der Waals surface area contributed by atoms with Gasteiger partial charge in [0.05, 0.1) is 0 Å². The minimum absolute atomic E-state index is 0.357. The zero-order valence-electron chi connectivity index (χ0n) is 11.0. The molecule has 0 saturated carbocycles. The number of hydrogen-bond donors (Lipinski definition) is 3. The molecule has 1 fully saturated rings. The first-order chi connectivity index (χ1) is 9.11. The van der Waals surface area contributed by atoms with Crippen LogP contribution in [0.25, 0.3) is 0 Å². The van der Waals surface area contributed by atoms with Crippen molar-refractivity contribution in [2.75, 3.05) is 18.0 Å². The Morgan fingerprint density at radius 2 is 2.11 bits per heavy atom. The van der Waals surface area contributed by atoms with Crippen LogP contribution in [-0.4, -0.2) is 36.2 Å². The lowest BCUT2D eigenvalue weighted by molar-refractivity contribution is -0.138. The second-order valence-electron chi connectivity index (χ2n) is 5.04. The molecular formula is C14H21N3O2. The number of aliphatic carboxylic acids is 1. The van der Waals surface area contributed by atoms with Crippen LogP contribution in [0.4, 0.5) is 5.69 Å². The fraction of sp³-hybridized carbons (Fsp3) is 0.500. The van der Waals surface area contributed by atoms with Crippen LogP contribution in [0.2, 0.25) is 0 Å². The number of carboxylic acid groups (broad SMARTS) is 1. The molecular weight excluding hydrogens is 242 g/mol. The molecule has 0 radical (unpaired) electrons. The van der Waals surface area contributed by atoms with Gasteiger partial charge < -0.3 is 21.5 Å². The van der Waals surface area contributed by atoms with Gasteiger partial charge in [-0.3, -0.25) is 4.79 Å². The van der Waals surface area contributed by atoms with Crippen LogP contribution in [0.5, 0.6) is 0 Å². The van der Waals surface area contributed by atoms with Gasteiger partial charge in [0.2, 0.25) is 0 Å². The molecule has 1 aliphatic heterocycles. The Morgan fingerprint density at radius 1 is 1.42 bits per heavy atom. The van der Waals surface area contributed by atoms with Gasteiger partial charge in [-0.15, -0.1) is 0 Å². The summed E-state index contributed by atoms with van der Waals surface area (Å²) in [5.74, 6) is -0.966. The molecule has 1 saturated heterocycles. The Morgan fingerprint density at radius 3 is 2.68 bits per heavy atom. The Kier molecular flexibility index (Phi) is 4.39. The predicted molar refractivity (Wildman–Crippen MR) is 75.2 cm³/mol. The van der Waals surface area contributed by atoms with Crippen LogP contribution < -0.4 is 16.4 Å². The van der Waals surface area contributed by atoms with E-state index in [0.717, 1.165) is 24.2 Å². The molecule has 0 aliphatic carbocycles. The Balaban J connectivity index is 2.04. The van der Waals surface area contributed by atoms with Crippen molar-refractivity contribution >= 4 is 11.7 Å². The van der Waals surface area contributed by atoms with E-state index in [0.29, 0.717) is 19.0 Å². The standard InChI is InChI=1S/C14H21N3O2/c15-9-12-2-1-7-17(12)11-5-3-10(4-6-11)8-13(16)14(18)19/h3-6,12-13H,1-2,7-9,15-16H2,(H,18,19)/t12-,13-/m0/s1. The summed E-state index contributed by atoms with van der Waals surface area (Å²) in [6.07, 6.45) is 2.67. The maximum absolute atomic E-state index is 10.7. The van der Waals surface area contributed by atoms with Gasteiger partial charge in [0.25, 0.3) is 0 Å². The first kappa shape index (κ1) is 13.8. The average Bonchev–Trinajstić information content (AvgIpc) is 2.87. The largest absolute Gasteiger partial charge is 0.480 e. The van der Waals surface area contributed by atoms with Crippen molar-refractivity contribution in [2.45, 2.75) is 31.3 Å². The SMILES string of the molecule is NC[C@@H]1CCCN1c1ccc(C[C@H](N)C(=O)O)cc1. The van der Waals surface area contributed by atoms with E-state index in [2.05, 4.69) is 4.90 Å². The fourth-order valence-electron chi connectivity index (χ4n) is 2.59. The molecule has 1 heterocycles. The predicted octanol–water partition coefficient (Wildman–Crippen LogP) is 0.568. The molecule has 0 amide bonds. The summed E-state index contributed by atoms with van der Waals surface area (Å²) in [7, 11) is 0. The minimum atomic E-state index is -0.966. The van der Waals surface area contributed by atoms with Crippen molar-refractivity contribution in [3.05, 3.63) is 29.8 Å². The van der Waals surface area contributed by atoms with Crippen molar-refractivity contribution in [3.8, 4) is 0 Å². The average molecular weight is 263 g/mol. The highest BCUT2D eigenvalue weighted by Gasteiger charge is 2.23. The number of carboxylic acids is 1. The topological polar surface area (TPSA) is 92.6 Å². The van der Waals surface area contributed by atoms with E-state index in [1.165, 1.54) is 6.42 Å². The zero-order valence-corrected chi connectivity index (χ0v) is 11.0. The van der Waals surface area contributed by atoms with E-state index in [1.807, 2.05) is 24.3 Å². The lowest BCUT2D eigenvalue weighted by Crippen LogP contribution is -2.35. The molecule has 2 rings (SSSR count). The van der Waals surface area contributed by atoms with Gasteiger partial charge >= 0.3 is 5.97 Å². The Labute approximate surface area is 113 Å². The van der Waals surface area contributed by atoms with Crippen molar-refractivity contribution in [2.24, 2.45) is 11.5 Å². The molecule has 1 aliphatic rings. The van der Waals surface area contributed by atoms with Crippen LogP contribution in [0, 0.1) is 0 Å². The molecule has 5 heteroatoms. The van der Waals surface area contributed by atoms with E-state index >= 15 is 0 Å². The van der Waals surface area contributed by atoms with E-state index < -0.39 is 12.0 Å². The van der Waals surface area contributed by atoms with Gasteiger partial charge in [-0.1, -0.05) is 12.1 Å². The van der Waals surface area contributed by atoms with Gasteiger partial charge in [-0.25, -0.2) is 0 Å². The van der Waals surface area contributed by atoms with Gasteiger partial charge in [0, 0.05) is 24.8 Å². The van der Waals surface area contributed by atoms with Crippen molar-refractivity contribution in [1.82, 2.24) is 0 Å². The third kappa shape index (κ3) is 3.24. The van der Waals surface area contributed by atoms with Crippen LogP contribution >= 0.6 is 0 Å². The molecule has 0 spiro atoms. The third-order valence-corrected chi connectivity index (χ3v) is 3.69. The first-order valence-electron chi connectivity index (χ1n) is 6.66. The molecule has 2 atom stereocenters. The maximum atomic E-state index is 10.7. The van der Waals surface area contributed by atoms with Crippen LogP contribution in [-0.2, 0) is 11.2 Å². The Hall–Kier alpha value is -1.59. The number of anilines is 1. The van der Waals surface area contributed by atoms with Crippen molar-refractivity contribution in [3.63, 3.8) is 0 Å². The van der Waals surface area contributed by atoms with E-state index in [9.17, 15) is 4.79 Å². The second-order valence-corrected chi connectivity index (χ2v) is 5.04. The minimum Gasteiger partial charge on any atom is -0.480 e. The molecule has 0 aromatic heterocycles. The summed E-state index contributed by atoms with van der Waals surface area (Å²) in [5, 5.41) is 8.79. The summed E-state index contributed by atoms with van der Waals surface area (Å²) in [6.45, 7) is 1.71. The van der Waals surface area contributed by atoms with Gasteiger partial charge in [-0.05, 0) is 37.0 Å². The summed E-state index contributed by atoms with van der Waals surface area (Å²) in [4.78, 5) is 13.0. The summed E-state index contributed by atoms with van der Waals surface area (Å²) in [5.41, 5.74) is 13.4. The maximum Gasteiger partial charge on any atom is 0.320 e. The van der Waals surface area contributed by atoms with Gasteiger partial charge in [0.1, 0.15) is 6.04 Å². The summed E-state index contributed by atoms with van der Waals surface area (Å²) >= 11 is 0. The number of rotatable bonds is 5. The highest BCUT2D eigenvalue weighted by Crippen LogP contribution is 2.25. The number of benzene rings is 1. The monoisotopic (exact) mass is 263 g/mol. The fourth-order valence-corrected chi connectivity index (χ4v) is 2.59. The normalized spacial score (nSPS) is 20.5. The van der Waals surface area contributed by atoms with Crippen LogP contribution in [0.3, 0.4) is 0 Å². The number of carbonyl (C=O) groups is 1. The quantitative estimate of drug-likeness (QED) is 0.722. The number of nitrogens with zero attached hydrogens (tertiary/aromatic N) is 1.